The lowest BCUT2D eigenvalue weighted by Gasteiger charge is -2.10. The number of rotatable bonds is 6. The van der Waals surface area contributed by atoms with Gasteiger partial charge in [0, 0.05) is 11.1 Å². The van der Waals surface area contributed by atoms with Crippen molar-refractivity contribution in [2.24, 2.45) is 0 Å². The van der Waals surface area contributed by atoms with Gasteiger partial charge >= 0.3 is 0 Å². The Morgan fingerprint density at radius 3 is 1.93 bits per heavy atom. The van der Waals surface area contributed by atoms with Gasteiger partial charge in [-0.15, -0.1) is 0 Å². The van der Waals surface area contributed by atoms with Gasteiger partial charge in [0.2, 0.25) is 0 Å². The van der Waals surface area contributed by atoms with Crippen LogP contribution in [0.15, 0.2) is 54.6 Å². The molecule has 3 rings (SSSR count). The Labute approximate surface area is 158 Å². The lowest BCUT2D eigenvalue weighted by atomic mass is 9.97. The van der Waals surface area contributed by atoms with E-state index in [4.69, 9.17) is 0 Å². The van der Waals surface area contributed by atoms with Crippen LogP contribution in [0, 0.1) is 17.5 Å². The SMILES string of the molecule is CCCCc1ccc(-c2ccc(-c3ccc(CC)c(F)c3F)cc2)c(F)c1. The minimum atomic E-state index is -0.839. The molecule has 0 spiro atoms. The molecule has 0 nitrogen and oxygen atoms in total. The Morgan fingerprint density at radius 1 is 0.704 bits per heavy atom. The fourth-order valence-electron chi connectivity index (χ4n) is 3.24. The molecule has 3 aromatic carbocycles. The second-order valence-corrected chi connectivity index (χ2v) is 6.75. The van der Waals surface area contributed by atoms with E-state index in [2.05, 4.69) is 6.92 Å². The molecular formula is C24H23F3. The topological polar surface area (TPSA) is 0 Å². The van der Waals surface area contributed by atoms with Crippen LogP contribution in [0.2, 0.25) is 0 Å². The van der Waals surface area contributed by atoms with Crippen molar-refractivity contribution in [1.82, 2.24) is 0 Å². The summed E-state index contributed by atoms with van der Waals surface area (Å²) in [4.78, 5) is 0. The van der Waals surface area contributed by atoms with E-state index in [1.54, 1.807) is 55.5 Å². The summed E-state index contributed by atoms with van der Waals surface area (Å²) in [6.07, 6.45) is 3.41. The summed E-state index contributed by atoms with van der Waals surface area (Å²) in [5.41, 5.74) is 3.35. The molecule has 0 unspecified atom stereocenters. The fraction of sp³-hybridized carbons (Fsp3) is 0.250. The lowest BCUT2D eigenvalue weighted by Crippen LogP contribution is -1.96. The van der Waals surface area contributed by atoms with Crippen LogP contribution in [0.4, 0.5) is 13.2 Å². The van der Waals surface area contributed by atoms with Crippen molar-refractivity contribution in [2.75, 3.05) is 0 Å². The van der Waals surface area contributed by atoms with Crippen molar-refractivity contribution in [3.8, 4) is 22.3 Å². The van der Waals surface area contributed by atoms with Gasteiger partial charge in [0.05, 0.1) is 0 Å². The molecule has 140 valence electrons. The van der Waals surface area contributed by atoms with Gasteiger partial charge in [-0.1, -0.05) is 68.8 Å². The minimum absolute atomic E-state index is 0.214. The number of benzene rings is 3. The highest BCUT2D eigenvalue weighted by molar-refractivity contribution is 5.71. The zero-order chi connectivity index (χ0) is 19.4. The van der Waals surface area contributed by atoms with Gasteiger partial charge in [-0.3, -0.25) is 0 Å². The van der Waals surface area contributed by atoms with Crippen LogP contribution in [-0.2, 0) is 12.8 Å². The third-order valence-electron chi connectivity index (χ3n) is 4.90. The number of hydrogen-bond acceptors (Lipinski definition) is 0. The largest absolute Gasteiger partial charge is 0.206 e. The monoisotopic (exact) mass is 368 g/mol. The van der Waals surface area contributed by atoms with E-state index >= 15 is 0 Å². The number of hydrogen-bond donors (Lipinski definition) is 0. The molecule has 0 bridgehead atoms. The van der Waals surface area contributed by atoms with Gasteiger partial charge in [0.25, 0.3) is 0 Å². The van der Waals surface area contributed by atoms with Crippen LogP contribution in [0.3, 0.4) is 0 Å². The van der Waals surface area contributed by atoms with E-state index in [9.17, 15) is 13.2 Å². The Balaban J connectivity index is 1.89. The second kappa shape index (κ2) is 8.43. The van der Waals surface area contributed by atoms with Crippen molar-refractivity contribution >= 4 is 0 Å². The molecule has 0 N–H and O–H groups in total. The molecule has 27 heavy (non-hydrogen) atoms. The van der Waals surface area contributed by atoms with E-state index in [0.29, 0.717) is 28.7 Å². The van der Waals surface area contributed by atoms with Gasteiger partial charge < -0.3 is 0 Å². The maximum Gasteiger partial charge on any atom is 0.166 e. The molecule has 0 saturated carbocycles. The Morgan fingerprint density at radius 2 is 1.33 bits per heavy atom. The number of aryl methyl sites for hydroxylation is 2. The molecule has 0 fully saturated rings. The van der Waals surface area contributed by atoms with Crippen LogP contribution in [-0.4, -0.2) is 0 Å². The summed E-state index contributed by atoms with van der Waals surface area (Å²) in [5.74, 6) is -1.90. The summed E-state index contributed by atoms with van der Waals surface area (Å²) in [7, 11) is 0. The molecule has 0 aliphatic carbocycles. The number of unbranched alkanes of at least 4 members (excludes halogenated alkanes) is 1. The fourth-order valence-corrected chi connectivity index (χ4v) is 3.24. The van der Waals surface area contributed by atoms with Crippen LogP contribution < -0.4 is 0 Å². The third kappa shape index (κ3) is 4.08. The molecule has 0 aromatic heterocycles. The average Bonchev–Trinajstić information content (AvgIpc) is 2.69. The molecule has 0 amide bonds. The van der Waals surface area contributed by atoms with E-state index in [1.165, 1.54) is 0 Å². The highest BCUT2D eigenvalue weighted by Crippen LogP contribution is 2.30. The maximum absolute atomic E-state index is 14.5. The summed E-state index contributed by atoms with van der Waals surface area (Å²) < 4.78 is 42.9. The second-order valence-electron chi connectivity index (χ2n) is 6.75. The van der Waals surface area contributed by atoms with Crippen LogP contribution in [0.1, 0.15) is 37.8 Å². The molecule has 0 aliphatic heterocycles. The maximum atomic E-state index is 14.5. The molecule has 0 saturated heterocycles. The van der Waals surface area contributed by atoms with Crippen molar-refractivity contribution < 1.29 is 13.2 Å². The average molecular weight is 368 g/mol. The van der Waals surface area contributed by atoms with Crippen LogP contribution in [0.5, 0.6) is 0 Å². The van der Waals surface area contributed by atoms with Gasteiger partial charge in [-0.25, -0.2) is 13.2 Å². The Kier molecular flexibility index (Phi) is 6.00. The summed E-state index contributed by atoms with van der Waals surface area (Å²) in [6.45, 7) is 3.89. The van der Waals surface area contributed by atoms with Gasteiger partial charge in [-0.2, -0.15) is 0 Å². The summed E-state index contributed by atoms with van der Waals surface area (Å²) in [5, 5.41) is 0. The first-order valence-corrected chi connectivity index (χ1v) is 9.41. The van der Waals surface area contributed by atoms with Crippen molar-refractivity contribution in [2.45, 2.75) is 39.5 Å². The zero-order valence-electron chi connectivity index (χ0n) is 15.7. The van der Waals surface area contributed by atoms with E-state index in [0.717, 1.165) is 24.8 Å². The molecule has 0 heterocycles. The van der Waals surface area contributed by atoms with E-state index in [-0.39, 0.29) is 11.4 Å². The van der Waals surface area contributed by atoms with E-state index in [1.807, 2.05) is 6.07 Å². The lowest BCUT2D eigenvalue weighted by molar-refractivity contribution is 0.502. The number of halogens is 3. The first kappa shape index (κ1) is 19.2. The molecule has 3 heteroatoms. The highest BCUT2D eigenvalue weighted by Gasteiger charge is 2.14. The molecular weight excluding hydrogens is 345 g/mol. The van der Waals surface area contributed by atoms with Gasteiger partial charge in [-0.05, 0) is 47.6 Å². The zero-order valence-corrected chi connectivity index (χ0v) is 15.7. The minimum Gasteiger partial charge on any atom is -0.206 e. The standard InChI is InChI=1S/C24H23F3/c1-3-5-6-16-7-13-20(22(25)15-16)18-8-10-19(11-9-18)21-14-12-17(4-2)23(26)24(21)27/h7-15H,3-6H2,1-2H3. The molecule has 0 radical (unpaired) electrons. The normalized spacial score (nSPS) is 11.0. The van der Waals surface area contributed by atoms with Crippen molar-refractivity contribution in [1.29, 1.82) is 0 Å². The summed E-state index contributed by atoms with van der Waals surface area (Å²) >= 11 is 0. The molecule has 0 atom stereocenters. The van der Waals surface area contributed by atoms with Crippen molar-refractivity contribution in [3.05, 3.63) is 83.2 Å². The smallest absolute Gasteiger partial charge is 0.166 e. The van der Waals surface area contributed by atoms with E-state index < -0.39 is 11.6 Å². The van der Waals surface area contributed by atoms with Gasteiger partial charge in [0.15, 0.2) is 11.6 Å². The van der Waals surface area contributed by atoms with Gasteiger partial charge in [0.1, 0.15) is 5.82 Å². The molecule has 0 aliphatic rings. The summed E-state index contributed by atoms with van der Waals surface area (Å²) in [6, 6.07) is 15.4. The van der Waals surface area contributed by atoms with Crippen LogP contribution >= 0.6 is 0 Å². The Bertz CT molecular complexity index is 927. The first-order chi connectivity index (χ1) is 13.0. The van der Waals surface area contributed by atoms with Crippen molar-refractivity contribution in [3.63, 3.8) is 0 Å². The first-order valence-electron chi connectivity index (χ1n) is 9.41. The van der Waals surface area contributed by atoms with Crippen LogP contribution in [0.25, 0.3) is 22.3 Å². The molecule has 3 aromatic rings. The predicted molar refractivity (Wildman–Crippen MR) is 105 cm³/mol. The predicted octanol–water partition coefficient (Wildman–Crippen LogP) is 7.34. The quantitative estimate of drug-likeness (QED) is 0.427. The third-order valence-corrected chi connectivity index (χ3v) is 4.90. The Hall–Kier alpha value is -2.55. The highest BCUT2D eigenvalue weighted by atomic mass is 19.2.